The number of alkyl carbamates (subject to hydrolysis) is 1. The third kappa shape index (κ3) is 5.46. The molecule has 7 nitrogen and oxygen atoms in total. The highest BCUT2D eigenvalue weighted by atomic mass is 16.5. The maximum atomic E-state index is 12.5. The van der Waals surface area contributed by atoms with Crippen LogP contribution < -0.4 is 5.32 Å². The molecule has 32 heavy (non-hydrogen) atoms. The third-order valence-corrected chi connectivity index (χ3v) is 5.74. The summed E-state index contributed by atoms with van der Waals surface area (Å²) >= 11 is 0. The number of aliphatic carboxylic acids is 1. The van der Waals surface area contributed by atoms with Crippen molar-refractivity contribution < 1.29 is 24.2 Å². The number of rotatable bonds is 10. The largest absolute Gasteiger partial charge is 0.480 e. The molecule has 1 aliphatic rings. The third-order valence-electron chi connectivity index (χ3n) is 5.74. The van der Waals surface area contributed by atoms with Crippen LogP contribution in [0, 0.1) is 5.92 Å². The zero-order chi connectivity index (χ0) is 23.1. The molecule has 0 saturated carbocycles. The summed E-state index contributed by atoms with van der Waals surface area (Å²) in [7, 11) is 0. The van der Waals surface area contributed by atoms with E-state index in [1.807, 2.05) is 31.2 Å². The van der Waals surface area contributed by atoms with E-state index in [0.717, 1.165) is 11.1 Å². The molecule has 0 aromatic heterocycles. The van der Waals surface area contributed by atoms with Gasteiger partial charge in [0.1, 0.15) is 13.2 Å². The van der Waals surface area contributed by atoms with E-state index in [0.29, 0.717) is 19.4 Å². The molecule has 0 radical (unpaired) electrons. The highest BCUT2D eigenvalue weighted by molar-refractivity contribution is 5.83. The number of carboxylic acid groups (broad SMARTS) is 1. The first-order chi connectivity index (χ1) is 15.4. The molecular weight excluding hydrogens is 408 g/mol. The number of carboxylic acids is 1. The van der Waals surface area contributed by atoms with Crippen molar-refractivity contribution in [1.82, 2.24) is 10.2 Å². The minimum atomic E-state index is -1.03. The fourth-order valence-electron chi connectivity index (χ4n) is 4.18. The van der Waals surface area contributed by atoms with Gasteiger partial charge in [-0.25, -0.2) is 4.79 Å². The van der Waals surface area contributed by atoms with Crippen molar-refractivity contribution in [3.05, 3.63) is 59.7 Å². The topological polar surface area (TPSA) is 95.9 Å². The van der Waals surface area contributed by atoms with Crippen LogP contribution in [-0.2, 0) is 14.3 Å². The number of amides is 2. The Bertz CT molecular complexity index is 929. The summed E-state index contributed by atoms with van der Waals surface area (Å²) in [6.07, 6.45) is 0.564. The van der Waals surface area contributed by atoms with E-state index < -0.39 is 18.0 Å². The van der Waals surface area contributed by atoms with Gasteiger partial charge in [-0.3, -0.25) is 9.59 Å². The standard InChI is InChI=1S/C25H30N2O5/c1-3-14-27(15-23(28)29)24(30)17(2)12-13-26-25(31)32-16-22-20-10-6-4-8-18(20)19-9-5-7-11-21(19)22/h4-11,17,22H,3,12-16H2,1-2H3,(H,26,31)(H,28,29). The van der Waals surface area contributed by atoms with Gasteiger partial charge in [0.05, 0.1) is 0 Å². The normalized spacial score (nSPS) is 13.1. The van der Waals surface area contributed by atoms with Crippen LogP contribution in [0.5, 0.6) is 0 Å². The second-order valence-corrected chi connectivity index (χ2v) is 8.10. The van der Waals surface area contributed by atoms with Gasteiger partial charge >= 0.3 is 12.1 Å². The Morgan fingerprint density at radius 1 is 1.06 bits per heavy atom. The van der Waals surface area contributed by atoms with Crippen molar-refractivity contribution in [2.75, 3.05) is 26.2 Å². The maximum Gasteiger partial charge on any atom is 0.407 e. The lowest BCUT2D eigenvalue weighted by atomic mass is 9.98. The Morgan fingerprint density at radius 3 is 2.22 bits per heavy atom. The molecule has 0 aliphatic heterocycles. The molecule has 7 heteroatoms. The molecule has 1 aliphatic carbocycles. The summed E-state index contributed by atoms with van der Waals surface area (Å²) in [5.74, 6) is -1.65. The highest BCUT2D eigenvalue weighted by Gasteiger charge is 2.29. The zero-order valence-electron chi connectivity index (χ0n) is 18.5. The number of carbonyl (C=O) groups excluding carboxylic acids is 2. The number of carbonyl (C=O) groups is 3. The van der Waals surface area contributed by atoms with Gasteiger partial charge in [-0.1, -0.05) is 62.4 Å². The highest BCUT2D eigenvalue weighted by Crippen LogP contribution is 2.44. The van der Waals surface area contributed by atoms with Crippen molar-refractivity contribution >= 4 is 18.0 Å². The molecule has 2 aromatic carbocycles. The monoisotopic (exact) mass is 438 g/mol. The van der Waals surface area contributed by atoms with Crippen molar-refractivity contribution in [1.29, 1.82) is 0 Å². The Morgan fingerprint density at radius 2 is 1.66 bits per heavy atom. The van der Waals surface area contributed by atoms with Gasteiger partial charge in [-0.05, 0) is 35.1 Å². The van der Waals surface area contributed by atoms with Crippen LogP contribution >= 0.6 is 0 Å². The average Bonchev–Trinajstić information content (AvgIpc) is 3.10. The van der Waals surface area contributed by atoms with Crippen molar-refractivity contribution in [3.8, 4) is 11.1 Å². The Labute approximate surface area is 188 Å². The molecule has 0 saturated heterocycles. The van der Waals surface area contributed by atoms with Gasteiger partial charge in [-0.2, -0.15) is 0 Å². The van der Waals surface area contributed by atoms with E-state index in [4.69, 9.17) is 9.84 Å². The SMILES string of the molecule is CCCN(CC(=O)O)C(=O)C(C)CCNC(=O)OCC1c2ccccc2-c2ccccc21. The second kappa shape index (κ2) is 10.8. The minimum absolute atomic E-state index is 0.00716. The predicted octanol–water partition coefficient (Wildman–Crippen LogP) is 3.87. The van der Waals surface area contributed by atoms with Gasteiger partial charge in [0.25, 0.3) is 0 Å². The van der Waals surface area contributed by atoms with Crippen LogP contribution in [0.4, 0.5) is 4.79 Å². The molecule has 0 heterocycles. The van der Waals surface area contributed by atoms with Gasteiger partial charge < -0.3 is 20.1 Å². The van der Waals surface area contributed by atoms with Crippen LogP contribution in [0.3, 0.4) is 0 Å². The molecule has 170 valence electrons. The second-order valence-electron chi connectivity index (χ2n) is 8.10. The molecule has 2 aromatic rings. The number of nitrogens with one attached hydrogen (secondary N) is 1. The molecule has 0 fully saturated rings. The molecule has 1 atom stereocenters. The van der Waals surface area contributed by atoms with E-state index in [9.17, 15) is 14.4 Å². The van der Waals surface area contributed by atoms with Crippen molar-refractivity contribution in [2.45, 2.75) is 32.6 Å². The molecule has 3 rings (SSSR count). The Balaban J connectivity index is 1.49. The molecule has 2 N–H and O–H groups in total. The number of fused-ring (bicyclic) bond motifs is 3. The van der Waals surface area contributed by atoms with E-state index >= 15 is 0 Å². The molecule has 0 spiro atoms. The molecule has 2 amide bonds. The van der Waals surface area contributed by atoms with Crippen LogP contribution in [0.15, 0.2) is 48.5 Å². The van der Waals surface area contributed by atoms with E-state index in [2.05, 4.69) is 29.6 Å². The minimum Gasteiger partial charge on any atom is -0.480 e. The summed E-state index contributed by atoms with van der Waals surface area (Å²) in [5.41, 5.74) is 4.63. The molecule has 1 unspecified atom stereocenters. The smallest absolute Gasteiger partial charge is 0.407 e. The lowest BCUT2D eigenvalue weighted by Crippen LogP contribution is -2.40. The lowest BCUT2D eigenvalue weighted by molar-refractivity contribution is -0.146. The van der Waals surface area contributed by atoms with Crippen molar-refractivity contribution in [2.24, 2.45) is 5.92 Å². The Kier molecular flexibility index (Phi) is 7.87. The number of hydrogen-bond donors (Lipinski definition) is 2. The summed E-state index contributed by atoms with van der Waals surface area (Å²) in [5, 5.41) is 11.7. The molecular formula is C25H30N2O5. The molecule has 0 bridgehead atoms. The Hall–Kier alpha value is -3.35. The van der Waals surface area contributed by atoms with Crippen LogP contribution in [0.1, 0.15) is 43.7 Å². The van der Waals surface area contributed by atoms with Gasteiger partial charge in [0, 0.05) is 24.9 Å². The van der Waals surface area contributed by atoms with Crippen LogP contribution in [0.2, 0.25) is 0 Å². The quantitative estimate of drug-likeness (QED) is 0.587. The first-order valence-electron chi connectivity index (χ1n) is 11.0. The van der Waals surface area contributed by atoms with Gasteiger partial charge in [-0.15, -0.1) is 0 Å². The summed E-state index contributed by atoms with van der Waals surface area (Å²) in [6, 6.07) is 16.3. The average molecular weight is 439 g/mol. The van der Waals surface area contributed by atoms with E-state index in [1.165, 1.54) is 16.0 Å². The fourth-order valence-corrected chi connectivity index (χ4v) is 4.18. The van der Waals surface area contributed by atoms with Crippen LogP contribution in [-0.4, -0.2) is 54.2 Å². The number of nitrogens with zero attached hydrogens (tertiary/aromatic N) is 1. The van der Waals surface area contributed by atoms with Gasteiger partial charge in [0.2, 0.25) is 5.91 Å². The summed E-state index contributed by atoms with van der Waals surface area (Å²) in [6.45, 7) is 4.23. The first kappa shape index (κ1) is 23.3. The first-order valence-corrected chi connectivity index (χ1v) is 11.0. The summed E-state index contributed by atoms with van der Waals surface area (Å²) in [4.78, 5) is 37.1. The fraction of sp³-hybridized carbons (Fsp3) is 0.400. The lowest BCUT2D eigenvalue weighted by Gasteiger charge is -2.23. The zero-order valence-corrected chi connectivity index (χ0v) is 18.5. The van der Waals surface area contributed by atoms with Crippen molar-refractivity contribution in [3.63, 3.8) is 0 Å². The maximum absolute atomic E-state index is 12.5. The van der Waals surface area contributed by atoms with E-state index in [-0.39, 0.29) is 31.5 Å². The van der Waals surface area contributed by atoms with Crippen LogP contribution in [0.25, 0.3) is 11.1 Å². The van der Waals surface area contributed by atoms with Gasteiger partial charge in [0.15, 0.2) is 0 Å². The number of hydrogen-bond acceptors (Lipinski definition) is 4. The number of benzene rings is 2. The van der Waals surface area contributed by atoms with E-state index in [1.54, 1.807) is 6.92 Å². The number of ether oxygens (including phenoxy) is 1. The predicted molar refractivity (Wildman–Crippen MR) is 121 cm³/mol. The summed E-state index contributed by atoms with van der Waals surface area (Å²) < 4.78 is 5.50.